The van der Waals surface area contributed by atoms with E-state index in [0.29, 0.717) is 11.3 Å². The predicted octanol–water partition coefficient (Wildman–Crippen LogP) is 3.19. The van der Waals surface area contributed by atoms with E-state index in [-0.39, 0.29) is 11.9 Å². The maximum absolute atomic E-state index is 13.6. The molecule has 3 heteroatoms. The SMILES string of the molecule is C=CCCCC(N)c1c(F)cccc1OC. The molecule has 16 heavy (non-hydrogen) atoms. The summed E-state index contributed by atoms with van der Waals surface area (Å²) in [6.45, 7) is 3.64. The quantitative estimate of drug-likeness (QED) is 0.593. The molecule has 0 saturated carbocycles. The lowest BCUT2D eigenvalue weighted by atomic mass is 10.0. The zero-order chi connectivity index (χ0) is 12.0. The number of methoxy groups -OCH3 is 1. The van der Waals surface area contributed by atoms with E-state index in [2.05, 4.69) is 6.58 Å². The van der Waals surface area contributed by atoms with E-state index in [9.17, 15) is 4.39 Å². The molecule has 0 radical (unpaired) electrons. The van der Waals surface area contributed by atoms with Gasteiger partial charge >= 0.3 is 0 Å². The fourth-order valence-electron chi connectivity index (χ4n) is 1.68. The van der Waals surface area contributed by atoms with Crippen LogP contribution in [0.1, 0.15) is 30.9 Å². The Balaban J connectivity index is 2.80. The highest BCUT2D eigenvalue weighted by molar-refractivity contribution is 5.36. The van der Waals surface area contributed by atoms with Gasteiger partial charge in [-0.3, -0.25) is 0 Å². The van der Waals surface area contributed by atoms with Crippen LogP contribution >= 0.6 is 0 Å². The third-order valence-corrected chi connectivity index (χ3v) is 2.53. The molecule has 0 aliphatic rings. The van der Waals surface area contributed by atoms with Crippen LogP contribution in [-0.2, 0) is 0 Å². The van der Waals surface area contributed by atoms with Crippen molar-refractivity contribution in [2.75, 3.05) is 7.11 Å². The summed E-state index contributed by atoms with van der Waals surface area (Å²) in [6.07, 6.45) is 4.36. The number of halogens is 1. The van der Waals surface area contributed by atoms with Crippen LogP contribution < -0.4 is 10.5 Å². The Morgan fingerprint density at radius 1 is 1.56 bits per heavy atom. The zero-order valence-corrected chi connectivity index (χ0v) is 9.58. The van der Waals surface area contributed by atoms with E-state index >= 15 is 0 Å². The lowest BCUT2D eigenvalue weighted by Gasteiger charge is -2.16. The summed E-state index contributed by atoms with van der Waals surface area (Å²) in [4.78, 5) is 0. The van der Waals surface area contributed by atoms with E-state index in [1.54, 1.807) is 12.1 Å². The highest BCUT2D eigenvalue weighted by atomic mass is 19.1. The van der Waals surface area contributed by atoms with Gasteiger partial charge in [0.2, 0.25) is 0 Å². The number of rotatable bonds is 6. The summed E-state index contributed by atoms with van der Waals surface area (Å²) in [5.41, 5.74) is 6.43. The molecule has 0 fully saturated rings. The van der Waals surface area contributed by atoms with Gasteiger partial charge in [-0.2, -0.15) is 0 Å². The van der Waals surface area contributed by atoms with Crippen molar-refractivity contribution in [1.82, 2.24) is 0 Å². The molecule has 1 aromatic carbocycles. The summed E-state index contributed by atoms with van der Waals surface area (Å²) < 4.78 is 18.7. The number of hydrogen-bond acceptors (Lipinski definition) is 2. The Hall–Kier alpha value is -1.35. The first kappa shape index (κ1) is 12.7. The van der Waals surface area contributed by atoms with Crippen LogP contribution in [0.15, 0.2) is 30.9 Å². The molecule has 2 N–H and O–H groups in total. The molecule has 0 heterocycles. The van der Waals surface area contributed by atoms with Gasteiger partial charge in [0.25, 0.3) is 0 Å². The third-order valence-electron chi connectivity index (χ3n) is 2.53. The van der Waals surface area contributed by atoms with Crippen molar-refractivity contribution in [3.8, 4) is 5.75 Å². The van der Waals surface area contributed by atoms with Gasteiger partial charge in [0.15, 0.2) is 0 Å². The van der Waals surface area contributed by atoms with Gasteiger partial charge in [-0.1, -0.05) is 12.1 Å². The summed E-state index contributed by atoms with van der Waals surface area (Å²) in [5, 5.41) is 0. The molecule has 2 nitrogen and oxygen atoms in total. The molecule has 1 aromatic rings. The van der Waals surface area contributed by atoms with Crippen molar-refractivity contribution in [2.24, 2.45) is 5.73 Å². The van der Waals surface area contributed by atoms with E-state index in [1.165, 1.54) is 13.2 Å². The minimum absolute atomic E-state index is 0.301. The van der Waals surface area contributed by atoms with Crippen LogP contribution in [0.2, 0.25) is 0 Å². The minimum atomic E-state index is -0.323. The van der Waals surface area contributed by atoms with E-state index in [4.69, 9.17) is 10.5 Å². The van der Waals surface area contributed by atoms with Crippen molar-refractivity contribution in [1.29, 1.82) is 0 Å². The van der Waals surface area contributed by atoms with Gasteiger partial charge in [-0.05, 0) is 31.4 Å². The van der Waals surface area contributed by atoms with Crippen LogP contribution in [0, 0.1) is 5.82 Å². The summed E-state index contributed by atoms with van der Waals surface area (Å²) in [7, 11) is 1.52. The van der Waals surface area contributed by atoms with E-state index < -0.39 is 0 Å². The van der Waals surface area contributed by atoms with E-state index in [0.717, 1.165) is 19.3 Å². The molecule has 1 atom stereocenters. The fourth-order valence-corrected chi connectivity index (χ4v) is 1.68. The Morgan fingerprint density at radius 3 is 2.94 bits per heavy atom. The van der Waals surface area contributed by atoms with Crippen LogP contribution in [-0.4, -0.2) is 7.11 Å². The Bertz CT molecular complexity index is 352. The van der Waals surface area contributed by atoms with Gasteiger partial charge in [0.1, 0.15) is 11.6 Å². The normalized spacial score (nSPS) is 12.2. The van der Waals surface area contributed by atoms with Crippen LogP contribution in [0.3, 0.4) is 0 Å². The number of hydrogen-bond donors (Lipinski definition) is 1. The molecule has 0 amide bonds. The first-order chi connectivity index (χ1) is 7.70. The highest BCUT2D eigenvalue weighted by Gasteiger charge is 2.16. The molecular formula is C13H18FNO. The Labute approximate surface area is 95.9 Å². The van der Waals surface area contributed by atoms with Gasteiger partial charge in [-0.15, -0.1) is 6.58 Å². The van der Waals surface area contributed by atoms with Crippen molar-refractivity contribution < 1.29 is 9.13 Å². The van der Waals surface area contributed by atoms with Gasteiger partial charge in [-0.25, -0.2) is 4.39 Å². The van der Waals surface area contributed by atoms with Gasteiger partial charge < -0.3 is 10.5 Å². The monoisotopic (exact) mass is 223 g/mol. The van der Waals surface area contributed by atoms with Crippen molar-refractivity contribution in [3.63, 3.8) is 0 Å². The molecular weight excluding hydrogens is 205 g/mol. The average molecular weight is 223 g/mol. The fraction of sp³-hybridized carbons (Fsp3) is 0.385. The first-order valence-corrected chi connectivity index (χ1v) is 5.39. The molecule has 0 aromatic heterocycles. The number of allylic oxidation sites excluding steroid dienone is 1. The second-order valence-electron chi connectivity index (χ2n) is 3.68. The molecule has 0 saturated heterocycles. The number of nitrogens with two attached hydrogens (primary N) is 1. The molecule has 0 bridgehead atoms. The second-order valence-corrected chi connectivity index (χ2v) is 3.68. The highest BCUT2D eigenvalue weighted by Crippen LogP contribution is 2.29. The largest absolute Gasteiger partial charge is 0.496 e. The van der Waals surface area contributed by atoms with Crippen LogP contribution in [0.4, 0.5) is 4.39 Å². The molecule has 1 rings (SSSR count). The average Bonchev–Trinajstić information content (AvgIpc) is 2.28. The summed E-state index contributed by atoms with van der Waals surface area (Å²) >= 11 is 0. The second kappa shape index (κ2) is 6.28. The molecule has 0 aliphatic carbocycles. The van der Waals surface area contributed by atoms with Crippen molar-refractivity contribution in [2.45, 2.75) is 25.3 Å². The molecule has 1 unspecified atom stereocenters. The smallest absolute Gasteiger partial charge is 0.131 e. The minimum Gasteiger partial charge on any atom is -0.496 e. The zero-order valence-electron chi connectivity index (χ0n) is 9.58. The summed E-state index contributed by atoms with van der Waals surface area (Å²) in [5.74, 6) is 0.219. The number of unbranched alkanes of at least 4 members (excludes halogenated alkanes) is 1. The molecule has 0 spiro atoms. The first-order valence-electron chi connectivity index (χ1n) is 5.39. The maximum Gasteiger partial charge on any atom is 0.131 e. The lowest BCUT2D eigenvalue weighted by Crippen LogP contribution is -2.13. The van der Waals surface area contributed by atoms with E-state index in [1.807, 2.05) is 6.08 Å². The topological polar surface area (TPSA) is 35.2 Å². The number of benzene rings is 1. The Morgan fingerprint density at radius 2 is 2.31 bits per heavy atom. The Kier molecular flexibility index (Phi) is 4.99. The predicted molar refractivity (Wildman–Crippen MR) is 63.9 cm³/mol. The number of ether oxygens (including phenoxy) is 1. The van der Waals surface area contributed by atoms with Gasteiger partial charge in [0, 0.05) is 11.6 Å². The van der Waals surface area contributed by atoms with Crippen molar-refractivity contribution >= 4 is 0 Å². The maximum atomic E-state index is 13.6. The van der Waals surface area contributed by atoms with Crippen LogP contribution in [0.25, 0.3) is 0 Å². The molecule has 88 valence electrons. The third kappa shape index (κ3) is 3.07. The van der Waals surface area contributed by atoms with Crippen molar-refractivity contribution in [3.05, 3.63) is 42.2 Å². The molecule has 0 aliphatic heterocycles. The summed E-state index contributed by atoms with van der Waals surface area (Å²) in [6, 6.07) is 4.43. The van der Waals surface area contributed by atoms with Crippen LogP contribution in [0.5, 0.6) is 5.75 Å². The lowest BCUT2D eigenvalue weighted by molar-refractivity contribution is 0.396. The van der Waals surface area contributed by atoms with Gasteiger partial charge in [0.05, 0.1) is 7.11 Å². The standard InChI is InChI=1S/C13H18FNO/c1-3-4-5-8-11(15)13-10(14)7-6-9-12(13)16-2/h3,6-7,9,11H,1,4-5,8,15H2,2H3.